The molecule has 2 aromatic carbocycles. The largest absolute Gasteiger partial charge is 0.330 e. The van der Waals surface area contributed by atoms with Crippen LogP contribution in [0.4, 0.5) is 5.69 Å². The minimum absolute atomic E-state index is 0.0210. The molecule has 0 N–H and O–H groups in total. The molecule has 0 aliphatic heterocycles. The number of benzene rings is 2. The van der Waals surface area contributed by atoms with Gasteiger partial charge in [-0.1, -0.05) is 52.8 Å². The molecule has 8 nitrogen and oxygen atoms in total. The Balaban J connectivity index is 1.49. The molecule has 4 aromatic rings. The molecule has 1 amide bonds. The van der Waals surface area contributed by atoms with Crippen LogP contribution in [0.1, 0.15) is 18.1 Å². The lowest BCUT2D eigenvalue weighted by molar-refractivity contribution is -0.115. The van der Waals surface area contributed by atoms with E-state index in [1.807, 2.05) is 73.9 Å². The van der Waals surface area contributed by atoms with Crippen molar-refractivity contribution in [3.8, 4) is 23.1 Å². The standard InChI is InChI=1S/C23H24N6O2S/c1-5-29-21(22-24-20(27-31-22)17-10-6-8-15(2)12-17)25-26-23(29)32-14-19(30)28(4)18-11-7-9-16(3)13-18/h6-13H,5,14H2,1-4H3. The van der Waals surface area contributed by atoms with E-state index in [9.17, 15) is 4.79 Å². The summed E-state index contributed by atoms with van der Waals surface area (Å²) >= 11 is 1.34. The van der Waals surface area contributed by atoms with Crippen molar-refractivity contribution in [3.63, 3.8) is 0 Å². The van der Waals surface area contributed by atoms with E-state index in [2.05, 4.69) is 20.3 Å². The molecule has 0 atom stereocenters. The lowest BCUT2D eigenvalue weighted by atomic mass is 10.1. The fourth-order valence-electron chi connectivity index (χ4n) is 3.26. The third kappa shape index (κ3) is 4.57. The Morgan fingerprint density at radius 3 is 2.56 bits per heavy atom. The van der Waals surface area contributed by atoms with E-state index in [1.165, 1.54) is 11.8 Å². The van der Waals surface area contributed by atoms with Gasteiger partial charge in [0.05, 0.1) is 5.75 Å². The minimum atomic E-state index is -0.0210. The highest BCUT2D eigenvalue weighted by atomic mass is 32.2. The van der Waals surface area contributed by atoms with Gasteiger partial charge in [-0.05, 0) is 44.5 Å². The zero-order valence-electron chi connectivity index (χ0n) is 18.4. The van der Waals surface area contributed by atoms with E-state index in [4.69, 9.17) is 4.52 Å². The smallest absolute Gasteiger partial charge is 0.296 e. The van der Waals surface area contributed by atoms with Gasteiger partial charge in [-0.15, -0.1) is 10.2 Å². The fourth-order valence-corrected chi connectivity index (χ4v) is 4.17. The van der Waals surface area contributed by atoms with Gasteiger partial charge in [0.1, 0.15) is 0 Å². The van der Waals surface area contributed by atoms with E-state index in [1.54, 1.807) is 11.9 Å². The Morgan fingerprint density at radius 2 is 1.84 bits per heavy atom. The Morgan fingerprint density at radius 1 is 1.09 bits per heavy atom. The maximum atomic E-state index is 12.7. The quantitative estimate of drug-likeness (QED) is 0.387. The molecular formula is C23H24N6O2S. The van der Waals surface area contributed by atoms with Crippen LogP contribution in [-0.4, -0.2) is 43.6 Å². The summed E-state index contributed by atoms with van der Waals surface area (Å²) in [4.78, 5) is 18.9. The van der Waals surface area contributed by atoms with Crippen molar-refractivity contribution in [2.24, 2.45) is 0 Å². The molecule has 0 fully saturated rings. The molecule has 9 heteroatoms. The molecule has 164 valence electrons. The van der Waals surface area contributed by atoms with Crippen molar-refractivity contribution in [2.45, 2.75) is 32.5 Å². The maximum Gasteiger partial charge on any atom is 0.296 e. The summed E-state index contributed by atoms with van der Waals surface area (Å²) in [5.41, 5.74) is 3.96. The number of amides is 1. The molecular weight excluding hydrogens is 424 g/mol. The number of nitrogens with zero attached hydrogens (tertiary/aromatic N) is 6. The summed E-state index contributed by atoms with van der Waals surface area (Å²) < 4.78 is 7.34. The average molecular weight is 449 g/mol. The molecule has 0 spiro atoms. The highest BCUT2D eigenvalue weighted by molar-refractivity contribution is 7.99. The van der Waals surface area contributed by atoms with Crippen molar-refractivity contribution >= 4 is 23.4 Å². The molecule has 2 heterocycles. The first-order valence-corrected chi connectivity index (χ1v) is 11.2. The summed E-state index contributed by atoms with van der Waals surface area (Å²) in [6, 6.07) is 15.7. The van der Waals surface area contributed by atoms with Crippen molar-refractivity contribution in [2.75, 3.05) is 17.7 Å². The second-order valence-corrected chi connectivity index (χ2v) is 8.37. The van der Waals surface area contributed by atoms with Crippen molar-refractivity contribution < 1.29 is 9.32 Å². The first kappa shape index (κ1) is 21.8. The zero-order valence-corrected chi connectivity index (χ0v) is 19.3. The fraction of sp³-hybridized carbons (Fsp3) is 0.261. The van der Waals surface area contributed by atoms with E-state index in [0.717, 1.165) is 22.4 Å². The van der Waals surface area contributed by atoms with Crippen LogP contribution < -0.4 is 4.90 Å². The molecule has 0 bridgehead atoms. The van der Waals surface area contributed by atoms with Gasteiger partial charge in [0, 0.05) is 24.8 Å². The van der Waals surface area contributed by atoms with Gasteiger partial charge in [0.2, 0.25) is 17.6 Å². The highest BCUT2D eigenvalue weighted by Crippen LogP contribution is 2.26. The molecule has 0 aliphatic carbocycles. The summed E-state index contributed by atoms with van der Waals surface area (Å²) in [7, 11) is 1.78. The van der Waals surface area contributed by atoms with Gasteiger partial charge < -0.3 is 9.42 Å². The summed E-state index contributed by atoms with van der Waals surface area (Å²) in [6.07, 6.45) is 0. The van der Waals surface area contributed by atoms with Crippen LogP contribution in [0, 0.1) is 13.8 Å². The number of carbonyl (C=O) groups is 1. The monoisotopic (exact) mass is 448 g/mol. The van der Waals surface area contributed by atoms with E-state index in [-0.39, 0.29) is 11.7 Å². The number of aryl methyl sites for hydroxylation is 2. The van der Waals surface area contributed by atoms with Gasteiger partial charge in [-0.2, -0.15) is 4.98 Å². The van der Waals surface area contributed by atoms with Gasteiger partial charge in [-0.25, -0.2) is 0 Å². The molecule has 4 rings (SSSR count). The Hall–Kier alpha value is -3.46. The number of aromatic nitrogens is 5. The van der Waals surface area contributed by atoms with E-state index in [0.29, 0.717) is 29.2 Å². The first-order valence-electron chi connectivity index (χ1n) is 10.3. The van der Waals surface area contributed by atoms with Crippen LogP contribution in [-0.2, 0) is 11.3 Å². The SMILES string of the molecule is CCn1c(SCC(=O)N(C)c2cccc(C)c2)nnc1-c1nc(-c2cccc(C)c2)no1. The molecule has 0 saturated heterocycles. The molecule has 2 aromatic heterocycles. The maximum absolute atomic E-state index is 12.7. The van der Waals surface area contributed by atoms with Crippen molar-refractivity contribution in [3.05, 3.63) is 59.7 Å². The number of anilines is 1. The first-order chi connectivity index (χ1) is 15.5. The lowest BCUT2D eigenvalue weighted by Crippen LogP contribution is -2.28. The minimum Gasteiger partial charge on any atom is -0.330 e. The van der Waals surface area contributed by atoms with Gasteiger partial charge >= 0.3 is 0 Å². The zero-order chi connectivity index (χ0) is 22.7. The molecule has 0 radical (unpaired) electrons. The summed E-state index contributed by atoms with van der Waals surface area (Å²) in [5.74, 6) is 1.50. The topological polar surface area (TPSA) is 89.9 Å². The van der Waals surface area contributed by atoms with Gasteiger partial charge in [0.15, 0.2) is 5.16 Å². The van der Waals surface area contributed by atoms with Crippen LogP contribution in [0.5, 0.6) is 0 Å². The van der Waals surface area contributed by atoms with E-state index >= 15 is 0 Å². The Kier molecular flexibility index (Phi) is 6.36. The summed E-state index contributed by atoms with van der Waals surface area (Å²) in [6.45, 7) is 6.60. The Bertz CT molecular complexity index is 1250. The number of thioether (sulfide) groups is 1. The number of hydrogen-bond acceptors (Lipinski definition) is 7. The van der Waals surface area contributed by atoms with Crippen LogP contribution in [0.2, 0.25) is 0 Å². The molecule has 0 unspecified atom stereocenters. The number of carbonyl (C=O) groups excluding carboxylic acids is 1. The second kappa shape index (κ2) is 9.35. The highest BCUT2D eigenvalue weighted by Gasteiger charge is 2.21. The van der Waals surface area contributed by atoms with Gasteiger partial charge in [0.25, 0.3) is 5.89 Å². The van der Waals surface area contributed by atoms with Crippen molar-refractivity contribution in [1.82, 2.24) is 24.9 Å². The Labute approximate surface area is 190 Å². The summed E-state index contributed by atoms with van der Waals surface area (Å²) in [5, 5.41) is 13.2. The normalized spacial score (nSPS) is 11.0. The van der Waals surface area contributed by atoms with E-state index < -0.39 is 0 Å². The lowest BCUT2D eigenvalue weighted by Gasteiger charge is -2.17. The van der Waals surface area contributed by atoms with Crippen LogP contribution in [0.25, 0.3) is 23.1 Å². The van der Waals surface area contributed by atoms with Crippen LogP contribution >= 0.6 is 11.8 Å². The molecule has 32 heavy (non-hydrogen) atoms. The predicted molar refractivity (Wildman–Crippen MR) is 124 cm³/mol. The number of hydrogen-bond donors (Lipinski definition) is 0. The van der Waals surface area contributed by atoms with Crippen LogP contribution in [0.15, 0.2) is 58.2 Å². The third-order valence-corrected chi connectivity index (χ3v) is 5.97. The van der Waals surface area contributed by atoms with Crippen molar-refractivity contribution in [1.29, 1.82) is 0 Å². The van der Waals surface area contributed by atoms with Crippen LogP contribution in [0.3, 0.4) is 0 Å². The average Bonchev–Trinajstić information content (AvgIpc) is 3.43. The molecule has 0 aliphatic rings. The predicted octanol–water partition coefficient (Wildman–Crippen LogP) is 4.39. The number of rotatable bonds is 7. The molecule has 0 saturated carbocycles. The second-order valence-electron chi connectivity index (χ2n) is 7.42. The third-order valence-electron chi connectivity index (χ3n) is 5.01. The van der Waals surface area contributed by atoms with Gasteiger partial charge in [-0.3, -0.25) is 9.36 Å².